The quantitative estimate of drug-likeness (QED) is 0.586. The molecule has 16 heavy (non-hydrogen) atoms. The molecule has 1 aromatic carbocycles. The third-order valence-corrected chi connectivity index (χ3v) is 3.49. The molecule has 0 radical (unpaired) electrons. The minimum Gasteiger partial charge on any atom is -0.466 e. The number of hydrogen-bond acceptors (Lipinski definition) is 4. The molecule has 0 heterocycles. The highest BCUT2D eigenvalue weighted by molar-refractivity contribution is 7.91. The maximum atomic E-state index is 11.7. The highest BCUT2D eigenvalue weighted by atomic mass is 32.2. The van der Waals surface area contributed by atoms with Crippen molar-refractivity contribution in [2.75, 3.05) is 12.9 Å². The van der Waals surface area contributed by atoms with E-state index in [9.17, 15) is 13.2 Å². The molecule has 0 aliphatic heterocycles. The Bertz CT molecular complexity index is 474. The Hall–Kier alpha value is -1.62. The van der Waals surface area contributed by atoms with Crippen LogP contribution in [-0.4, -0.2) is 27.2 Å². The second-order valence-electron chi connectivity index (χ2n) is 3.02. The first-order valence-electron chi connectivity index (χ1n) is 4.58. The molecule has 0 amide bonds. The van der Waals surface area contributed by atoms with Gasteiger partial charge >= 0.3 is 5.97 Å². The van der Waals surface area contributed by atoms with Crippen molar-refractivity contribution in [3.8, 4) is 0 Å². The summed E-state index contributed by atoms with van der Waals surface area (Å²) in [5.41, 5.74) is 0. The van der Waals surface area contributed by atoms with Crippen LogP contribution in [-0.2, 0) is 19.4 Å². The number of methoxy groups -OCH3 is 1. The molecule has 86 valence electrons. The Balaban J connectivity index is 2.75. The van der Waals surface area contributed by atoms with Crippen molar-refractivity contribution in [2.24, 2.45) is 0 Å². The van der Waals surface area contributed by atoms with Crippen LogP contribution in [0.25, 0.3) is 0 Å². The monoisotopic (exact) mass is 240 g/mol. The van der Waals surface area contributed by atoms with Gasteiger partial charge in [0.15, 0.2) is 9.84 Å². The Labute approximate surface area is 94.5 Å². The van der Waals surface area contributed by atoms with Gasteiger partial charge in [-0.25, -0.2) is 13.2 Å². The van der Waals surface area contributed by atoms with Crippen molar-refractivity contribution in [1.29, 1.82) is 0 Å². The van der Waals surface area contributed by atoms with Crippen LogP contribution in [0.5, 0.6) is 0 Å². The van der Waals surface area contributed by atoms with Crippen molar-refractivity contribution < 1.29 is 17.9 Å². The summed E-state index contributed by atoms with van der Waals surface area (Å²) in [6, 6.07) is 8.07. The van der Waals surface area contributed by atoms with E-state index in [1.165, 1.54) is 25.3 Å². The second-order valence-corrected chi connectivity index (χ2v) is 5.05. The van der Waals surface area contributed by atoms with Crippen LogP contribution in [0.3, 0.4) is 0 Å². The molecule has 0 fully saturated rings. The maximum absolute atomic E-state index is 11.7. The molecule has 0 aromatic heterocycles. The lowest BCUT2D eigenvalue weighted by molar-refractivity contribution is -0.134. The normalized spacial score (nSPS) is 11.6. The van der Waals surface area contributed by atoms with Gasteiger partial charge in [0.25, 0.3) is 0 Å². The summed E-state index contributed by atoms with van der Waals surface area (Å²) in [6.07, 6.45) is 2.37. The minimum atomic E-state index is -3.36. The molecular formula is C11H12O4S. The Morgan fingerprint density at radius 2 is 1.94 bits per heavy atom. The highest BCUT2D eigenvalue weighted by Gasteiger charge is 2.11. The predicted molar refractivity (Wildman–Crippen MR) is 59.7 cm³/mol. The third-order valence-electron chi connectivity index (χ3n) is 1.87. The number of ether oxygens (including phenoxy) is 1. The van der Waals surface area contributed by atoms with Crippen molar-refractivity contribution in [1.82, 2.24) is 0 Å². The number of esters is 1. The van der Waals surface area contributed by atoms with Gasteiger partial charge in [0, 0.05) is 6.08 Å². The van der Waals surface area contributed by atoms with E-state index in [-0.39, 0.29) is 10.6 Å². The van der Waals surface area contributed by atoms with Gasteiger partial charge in [-0.3, -0.25) is 0 Å². The van der Waals surface area contributed by atoms with Crippen LogP contribution in [0.2, 0.25) is 0 Å². The number of hydrogen-bond donors (Lipinski definition) is 0. The molecule has 0 saturated heterocycles. The van der Waals surface area contributed by atoms with Crippen LogP contribution in [0.1, 0.15) is 0 Å². The summed E-state index contributed by atoms with van der Waals surface area (Å²) in [5, 5.41) is 0. The SMILES string of the molecule is COC(=O)C=CCS(=O)(=O)c1ccccc1. The van der Waals surface area contributed by atoms with Gasteiger partial charge in [-0.1, -0.05) is 24.3 Å². The Kier molecular flexibility index (Phi) is 4.25. The zero-order valence-corrected chi connectivity index (χ0v) is 9.61. The number of rotatable bonds is 4. The molecule has 0 atom stereocenters. The van der Waals surface area contributed by atoms with Crippen LogP contribution >= 0.6 is 0 Å². The fourth-order valence-corrected chi connectivity index (χ4v) is 2.18. The molecular weight excluding hydrogens is 228 g/mol. The maximum Gasteiger partial charge on any atom is 0.330 e. The van der Waals surface area contributed by atoms with E-state index in [1.807, 2.05) is 0 Å². The standard InChI is InChI=1S/C11H12O4S/c1-15-11(12)8-5-9-16(13,14)10-6-3-2-4-7-10/h2-8H,9H2,1H3. The lowest BCUT2D eigenvalue weighted by Gasteiger charge is -1.99. The molecule has 0 saturated carbocycles. The van der Waals surface area contributed by atoms with Gasteiger partial charge < -0.3 is 4.74 Å². The first kappa shape index (κ1) is 12.4. The largest absolute Gasteiger partial charge is 0.466 e. The summed E-state index contributed by atoms with van der Waals surface area (Å²) < 4.78 is 27.7. The smallest absolute Gasteiger partial charge is 0.330 e. The molecule has 1 aromatic rings. The van der Waals surface area contributed by atoms with Crippen molar-refractivity contribution >= 4 is 15.8 Å². The van der Waals surface area contributed by atoms with E-state index >= 15 is 0 Å². The second kappa shape index (κ2) is 5.46. The fraction of sp³-hybridized carbons (Fsp3) is 0.182. The molecule has 0 N–H and O–H groups in total. The van der Waals surface area contributed by atoms with Crippen molar-refractivity contribution in [3.63, 3.8) is 0 Å². The lowest BCUT2D eigenvalue weighted by Crippen LogP contribution is -2.05. The van der Waals surface area contributed by atoms with E-state index in [2.05, 4.69) is 4.74 Å². The third kappa shape index (κ3) is 3.51. The zero-order valence-electron chi connectivity index (χ0n) is 8.79. The Morgan fingerprint density at radius 1 is 1.31 bits per heavy atom. The molecule has 1 rings (SSSR count). The molecule has 0 aliphatic carbocycles. The summed E-state index contributed by atoms with van der Waals surface area (Å²) in [7, 11) is -2.12. The number of carbonyl (C=O) groups excluding carboxylic acids is 1. The number of benzene rings is 1. The first-order valence-corrected chi connectivity index (χ1v) is 6.24. The van der Waals surface area contributed by atoms with E-state index in [0.717, 1.165) is 6.08 Å². The van der Waals surface area contributed by atoms with Crippen LogP contribution in [0, 0.1) is 0 Å². The fourth-order valence-electron chi connectivity index (χ4n) is 1.06. The van der Waals surface area contributed by atoms with Crippen molar-refractivity contribution in [3.05, 3.63) is 42.5 Å². The van der Waals surface area contributed by atoms with E-state index in [4.69, 9.17) is 0 Å². The molecule has 0 aliphatic rings. The van der Waals surface area contributed by atoms with E-state index in [1.54, 1.807) is 18.2 Å². The summed E-state index contributed by atoms with van der Waals surface area (Å²) in [6.45, 7) is 0. The lowest BCUT2D eigenvalue weighted by atomic mass is 10.4. The minimum absolute atomic E-state index is 0.216. The van der Waals surface area contributed by atoms with Crippen molar-refractivity contribution in [2.45, 2.75) is 4.90 Å². The topological polar surface area (TPSA) is 60.4 Å². The van der Waals surface area contributed by atoms with Crippen LogP contribution in [0.4, 0.5) is 0 Å². The van der Waals surface area contributed by atoms with Gasteiger partial charge in [-0.2, -0.15) is 0 Å². The summed E-state index contributed by atoms with van der Waals surface area (Å²) in [5.74, 6) is -0.783. The zero-order chi connectivity index (χ0) is 12.0. The highest BCUT2D eigenvalue weighted by Crippen LogP contribution is 2.09. The predicted octanol–water partition coefficient (Wildman–Crippen LogP) is 1.19. The summed E-state index contributed by atoms with van der Waals surface area (Å²) in [4.78, 5) is 11.0. The van der Waals surface area contributed by atoms with Gasteiger partial charge in [0.05, 0.1) is 17.8 Å². The first-order chi connectivity index (χ1) is 7.56. The molecule has 0 unspecified atom stereocenters. The summed E-state index contributed by atoms with van der Waals surface area (Å²) >= 11 is 0. The van der Waals surface area contributed by atoms with Crippen LogP contribution in [0.15, 0.2) is 47.4 Å². The van der Waals surface area contributed by atoms with Gasteiger partial charge in [-0.05, 0) is 12.1 Å². The van der Waals surface area contributed by atoms with Gasteiger partial charge in [-0.15, -0.1) is 0 Å². The van der Waals surface area contributed by atoms with E-state index in [0.29, 0.717) is 0 Å². The van der Waals surface area contributed by atoms with Crippen LogP contribution < -0.4 is 0 Å². The Morgan fingerprint density at radius 3 is 2.50 bits per heavy atom. The molecule has 5 heteroatoms. The van der Waals surface area contributed by atoms with Gasteiger partial charge in [0.1, 0.15) is 0 Å². The number of sulfone groups is 1. The molecule has 0 spiro atoms. The van der Waals surface area contributed by atoms with Gasteiger partial charge in [0.2, 0.25) is 0 Å². The number of carbonyl (C=O) groups is 1. The molecule has 4 nitrogen and oxygen atoms in total. The average Bonchev–Trinajstić information content (AvgIpc) is 2.30. The van der Waals surface area contributed by atoms with E-state index < -0.39 is 15.8 Å². The average molecular weight is 240 g/mol. The molecule has 0 bridgehead atoms.